The van der Waals surface area contributed by atoms with Gasteiger partial charge in [0, 0.05) is 22.2 Å². The minimum atomic E-state index is -0.0803. The van der Waals surface area contributed by atoms with Gasteiger partial charge in [-0.15, -0.1) is 11.3 Å². The second-order valence-electron chi connectivity index (χ2n) is 7.46. The molecule has 3 aromatic rings. The fraction of sp³-hybridized carbons (Fsp3) is 0.381. The van der Waals surface area contributed by atoms with Crippen LogP contribution in [0.15, 0.2) is 34.4 Å². The lowest BCUT2D eigenvalue weighted by atomic mass is 10.0. The largest absolute Gasteiger partial charge is 0.347 e. The maximum atomic E-state index is 12.6. The topological polar surface area (TPSA) is 74.8 Å². The Kier molecular flexibility index (Phi) is 5.75. The number of rotatable bonds is 6. The Bertz CT molecular complexity index is 1020. The van der Waals surface area contributed by atoms with Gasteiger partial charge < -0.3 is 10.3 Å². The number of hydrogen-bond donors (Lipinski definition) is 2. The molecule has 0 saturated heterocycles. The lowest BCUT2D eigenvalue weighted by Crippen LogP contribution is -2.30. The Hall–Kier alpha value is -2.47. The number of thiazole rings is 1. The molecule has 0 fully saturated rings. The molecule has 2 N–H and O–H groups in total. The molecule has 27 heavy (non-hydrogen) atoms. The Labute approximate surface area is 162 Å². The predicted octanol–water partition coefficient (Wildman–Crippen LogP) is 4.05. The van der Waals surface area contributed by atoms with Crippen LogP contribution in [0.2, 0.25) is 0 Å². The van der Waals surface area contributed by atoms with E-state index in [-0.39, 0.29) is 17.5 Å². The molecule has 0 radical (unpaired) electrons. The van der Waals surface area contributed by atoms with Crippen molar-refractivity contribution in [1.29, 1.82) is 0 Å². The SMILES string of the molecule is Cc1csc(C(CC(C)C)NC(=O)Cc2ccc3[nH]c(=O)c(C)cc3c2)n1. The van der Waals surface area contributed by atoms with E-state index in [0.29, 0.717) is 17.9 Å². The van der Waals surface area contributed by atoms with Crippen LogP contribution in [0.4, 0.5) is 0 Å². The Balaban J connectivity index is 1.76. The van der Waals surface area contributed by atoms with Crippen LogP contribution < -0.4 is 10.9 Å². The van der Waals surface area contributed by atoms with Crippen LogP contribution in [0.5, 0.6) is 0 Å². The number of nitrogens with one attached hydrogen (secondary N) is 2. The molecular formula is C21H25N3O2S. The summed E-state index contributed by atoms with van der Waals surface area (Å²) < 4.78 is 0. The van der Waals surface area contributed by atoms with Crippen molar-refractivity contribution in [3.63, 3.8) is 0 Å². The highest BCUT2D eigenvalue weighted by molar-refractivity contribution is 7.09. The molecule has 0 saturated carbocycles. The van der Waals surface area contributed by atoms with Gasteiger partial charge in [-0.25, -0.2) is 4.98 Å². The van der Waals surface area contributed by atoms with Crippen LogP contribution in [-0.4, -0.2) is 15.9 Å². The third-order valence-electron chi connectivity index (χ3n) is 4.44. The van der Waals surface area contributed by atoms with Crippen LogP contribution in [0.25, 0.3) is 10.9 Å². The van der Waals surface area contributed by atoms with Gasteiger partial charge in [0.15, 0.2) is 0 Å². The molecule has 3 rings (SSSR count). The average Bonchev–Trinajstić information content (AvgIpc) is 3.01. The minimum Gasteiger partial charge on any atom is -0.347 e. The van der Waals surface area contributed by atoms with Crippen LogP contribution >= 0.6 is 11.3 Å². The summed E-state index contributed by atoms with van der Waals surface area (Å²) in [6.07, 6.45) is 1.16. The summed E-state index contributed by atoms with van der Waals surface area (Å²) in [6, 6.07) is 7.50. The zero-order valence-electron chi connectivity index (χ0n) is 16.1. The van der Waals surface area contributed by atoms with Crippen LogP contribution in [-0.2, 0) is 11.2 Å². The molecule has 1 amide bonds. The summed E-state index contributed by atoms with van der Waals surface area (Å²) in [4.78, 5) is 31.8. The number of hydrogen-bond acceptors (Lipinski definition) is 4. The highest BCUT2D eigenvalue weighted by atomic mass is 32.1. The number of pyridine rings is 1. The fourth-order valence-electron chi connectivity index (χ4n) is 3.13. The van der Waals surface area contributed by atoms with E-state index in [0.717, 1.165) is 33.6 Å². The fourth-order valence-corrected chi connectivity index (χ4v) is 3.99. The van der Waals surface area contributed by atoms with Crippen molar-refractivity contribution >= 4 is 28.1 Å². The van der Waals surface area contributed by atoms with E-state index >= 15 is 0 Å². The molecule has 0 aliphatic carbocycles. The zero-order chi connectivity index (χ0) is 19.6. The number of aryl methyl sites for hydroxylation is 2. The second-order valence-corrected chi connectivity index (χ2v) is 8.35. The summed E-state index contributed by atoms with van der Waals surface area (Å²) >= 11 is 1.59. The van der Waals surface area contributed by atoms with E-state index in [1.807, 2.05) is 36.6 Å². The molecule has 1 aromatic carbocycles. The number of aromatic nitrogens is 2. The average molecular weight is 384 g/mol. The number of fused-ring (bicyclic) bond motifs is 1. The molecule has 2 aromatic heterocycles. The summed E-state index contributed by atoms with van der Waals surface area (Å²) in [5.41, 5.74) is 3.27. The monoisotopic (exact) mass is 383 g/mol. The van der Waals surface area contributed by atoms with Gasteiger partial charge in [-0.2, -0.15) is 0 Å². The third-order valence-corrected chi connectivity index (χ3v) is 5.51. The minimum absolute atomic E-state index is 0.0194. The van der Waals surface area contributed by atoms with E-state index in [1.54, 1.807) is 18.3 Å². The predicted molar refractivity (Wildman–Crippen MR) is 110 cm³/mol. The van der Waals surface area contributed by atoms with Crippen molar-refractivity contribution < 1.29 is 4.79 Å². The molecule has 0 spiro atoms. The van der Waals surface area contributed by atoms with Crippen molar-refractivity contribution in [2.45, 2.75) is 46.6 Å². The van der Waals surface area contributed by atoms with Crippen molar-refractivity contribution in [3.05, 3.63) is 61.8 Å². The van der Waals surface area contributed by atoms with Gasteiger partial charge in [0.25, 0.3) is 5.56 Å². The van der Waals surface area contributed by atoms with Crippen molar-refractivity contribution in [2.75, 3.05) is 0 Å². The van der Waals surface area contributed by atoms with Gasteiger partial charge in [0.1, 0.15) is 5.01 Å². The molecular weight excluding hydrogens is 358 g/mol. The van der Waals surface area contributed by atoms with E-state index in [9.17, 15) is 9.59 Å². The Morgan fingerprint density at radius 1 is 1.26 bits per heavy atom. The zero-order valence-corrected chi connectivity index (χ0v) is 16.9. The number of nitrogens with zero attached hydrogens (tertiary/aromatic N) is 1. The first-order valence-electron chi connectivity index (χ1n) is 9.16. The molecule has 0 aliphatic heterocycles. The molecule has 5 nitrogen and oxygen atoms in total. The number of H-pyrrole nitrogens is 1. The number of amides is 1. The Morgan fingerprint density at radius 2 is 2.04 bits per heavy atom. The summed E-state index contributed by atoms with van der Waals surface area (Å²) in [6.45, 7) is 8.04. The first-order chi connectivity index (χ1) is 12.8. The molecule has 6 heteroatoms. The lowest BCUT2D eigenvalue weighted by Gasteiger charge is -2.18. The van der Waals surface area contributed by atoms with Crippen LogP contribution in [0.1, 0.15) is 48.1 Å². The summed E-state index contributed by atoms with van der Waals surface area (Å²) in [7, 11) is 0. The van der Waals surface area contributed by atoms with E-state index in [1.165, 1.54) is 0 Å². The van der Waals surface area contributed by atoms with E-state index in [4.69, 9.17) is 0 Å². The van der Waals surface area contributed by atoms with Crippen LogP contribution in [0, 0.1) is 19.8 Å². The number of aromatic amines is 1. The lowest BCUT2D eigenvalue weighted by molar-refractivity contribution is -0.121. The van der Waals surface area contributed by atoms with Crippen molar-refractivity contribution in [3.8, 4) is 0 Å². The number of carbonyl (C=O) groups is 1. The smallest absolute Gasteiger partial charge is 0.251 e. The quantitative estimate of drug-likeness (QED) is 0.674. The maximum absolute atomic E-state index is 12.6. The van der Waals surface area contributed by atoms with Crippen molar-refractivity contribution in [1.82, 2.24) is 15.3 Å². The molecule has 0 bridgehead atoms. The second kappa shape index (κ2) is 8.05. The highest BCUT2D eigenvalue weighted by Crippen LogP contribution is 2.24. The first-order valence-corrected chi connectivity index (χ1v) is 10.0. The van der Waals surface area contributed by atoms with Crippen LogP contribution in [0.3, 0.4) is 0 Å². The Morgan fingerprint density at radius 3 is 2.70 bits per heavy atom. The van der Waals surface area contributed by atoms with Gasteiger partial charge in [-0.05, 0) is 55.3 Å². The third kappa shape index (κ3) is 4.83. The number of carbonyl (C=O) groups excluding carboxylic acids is 1. The molecule has 1 atom stereocenters. The summed E-state index contributed by atoms with van der Waals surface area (Å²) in [5.74, 6) is 0.439. The maximum Gasteiger partial charge on any atom is 0.251 e. The van der Waals surface area contributed by atoms with Gasteiger partial charge in [-0.1, -0.05) is 19.9 Å². The molecule has 142 valence electrons. The normalized spacial score (nSPS) is 12.5. The van der Waals surface area contributed by atoms with E-state index in [2.05, 4.69) is 29.1 Å². The van der Waals surface area contributed by atoms with Crippen molar-refractivity contribution in [2.24, 2.45) is 5.92 Å². The van der Waals surface area contributed by atoms with Gasteiger partial charge >= 0.3 is 0 Å². The highest BCUT2D eigenvalue weighted by Gasteiger charge is 2.19. The van der Waals surface area contributed by atoms with Gasteiger partial charge in [0.05, 0.1) is 12.5 Å². The molecule has 2 heterocycles. The van der Waals surface area contributed by atoms with E-state index < -0.39 is 0 Å². The van der Waals surface area contributed by atoms with Gasteiger partial charge in [-0.3, -0.25) is 9.59 Å². The van der Waals surface area contributed by atoms with Gasteiger partial charge in [0.2, 0.25) is 5.91 Å². The summed E-state index contributed by atoms with van der Waals surface area (Å²) in [5, 5.41) is 7.06. The molecule has 1 unspecified atom stereocenters. The first kappa shape index (κ1) is 19.3. The number of benzene rings is 1. The molecule has 0 aliphatic rings. The standard InChI is InChI=1S/C21H25N3O2S/c1-12(2)7-18(21-22-14(4)11-27-21)23-19(25)10-15-5-6-17-16(9-15)8-13(3)20(26)24-17/h5-6,8-9,11-12,18H,7,10H2,1-4H3,(H,23,25)(H,24,26).